The molecule has 0 saturated heterocycles. The number of unbranched alkanes of at least 4 members (excludes halogenated alkanes) is 2. The second-order valence-corrected chi connectivity index (χ2v) is 3.34. The summed E-state index contributed by atoms with van der Waals surface area (Å²) in [6, 6.07) is 0. The zero-order chi connectivity index (χ0) is 8.53. The Balaban J connectivity index is 3.24. The molecule has 0 bridgehead atoms. The highest BCUT2D eigenvalue weighted by atomic mass is 14.0. The summed E-state index contributed by atoms with van der Waals surface area (Å²) in [6.45, 7) is 6.78. The van der Waals surface area contributed by atoms with Gasteiger partial charge in [0.25, 0.3) is 0 Å². The molecule has 0 fully saturated rings. The van der Waals surface area contributed by atoms with Crippen molar-refractivity contribution in [2.24, 2.45) is 5.92 Å². The summed E-state index contributed by atoms with van der Waals surface area (Å²) in [4.78, 5) is 0. The van der Waals surface area contributed by atoms with Crippen molar-refractivity contribution >= 4 is 0 Å². The van der Waals surface area contributed by atoms with Gasteiger partial charge in [-0.1, -0.05) is 52.2 Å². The smallest absolute Gasteiger partial charge is 0.0262 e. The van der Waals surface area contributed by atoms with Crippen LogP contribution in [-0.4, -0.2) is 0 Å². The minimum Gasteiger partial charge on any atom is -0.0883 e. The van der Waals surface area contributed by atoms with Crippen molar-refractivity contribution in [1.29, 1.82) is 0 Å². The van der Waals surface area contributed by atoms with Crippen LogP contribution in [-0.2, 0) is 0 Å². The highest BCUT2D eigenvalue weighted by Crippen LogP contribution is 2.07. The van der Waals surface area contributed by atoms with E-state index in [9.17, 15) is 0 Å². The molecule has 0 amide bonds. The standard InChI is InChI=1S/C11H22/c1-4-6-7-8-10-11(3)9-5-2/h8,10-11H,4-7,9H2,1-3H3/b10-8-. The fraction of sp³-hybridized carbons (Fsp3) is 0.818. The molecule has 11 heavy (non-hydrogen) atoms. The van der Waals surface area contributed by atoms with Gasteiger partial charge in [0.2, 0.25) is 0 Å². The molecule has 66 valence electrons. The zero-order valence-electron chi connectivity index (χ0n) is 8.27. The molecule has 0 heteroatoms. The van der Waals surface area contributed by atoms with E-state index in [1.54, 1.807) is 0 Å². The second-order valence-electron chi connectivity index (χ2n) is 3.34. The zero-order valence-corrected chi connectivity index (χ0v) is 8.27. The van der Waals surface area contributed by atoms with Crippen LogP contribution >= 0.6 is 0 Å². The SMILES string of the molecule is CCCC/C=C\C(C)CCC. The fourth-order valence-corrected chi connectivity index (χ4v) is 1.20. The Morgan fingerprint density at radius 2 is 1.91 bits per heavy atom. The summed E-state index contributed by atoms with van der Waals surface area (Å²) < 4.78 is 0. The third-order valence-electron chi connectivity index (χ3n) is 1.93. The lowest BCUT2D eigenvalue weighted by atomic mass is 10.1. The third-order valence-corrected chi connectivity index (χ3v) is 1.93. The van der Waals surface area contributed by atoms with E-state index >= 15 is 0 Å². The molecule has 0 aliphatic heterocycles. The largest absolute Gasteiger partial charge is 0.0883 e. The van der Waals surface area contributed by atoms with Crippen LogP contribution in [0.2, 0.25) is 0 Å². The van der Waals surface area contributed by atoms with Gasteiger partial charge in [-0.25, -0.2) is 0 Å². The molecule has 0 N–H and O–H groups in total. The number of rotatable bonds is 6. The van der Waals surface area contributed by atoms with Crippen molar-refractivity contribution in [3.63, 3.8) is 0 Å². The lowest BCUT2D eigenvalue weighted by Gasteiger charge is -2.01. The average Bonchev–Trinajstić information content (AvgIpc) is 1.99. The van der Waals surface area contributed by atoms with Gasteiger partial charge in [0.05, 0.1) is 0 Å². The molecule has 0 saturated carbocycles. The highest BCUT2D eigenvalue weighted by Gasteiger charge is 1.92. The Morgan fingerprint density at radius 3 is 2.45 bits per heavy atom. The quantitative estimate of drug-likeness (QED) is 0.398. The Hall–Kier alpha value is -0.260. The molecule has 1 atom stereocenters. The van der Waals surface area contributed by atoms with Crippen LogP contribution < -0.4 is 0 Å². The Kier molecular flexibility index (Phi) is 7.66. The average molecular weight is 154 g/mol. The monoisotopic (exact) mass is 154 g/mol. The van der Waals surface area contributed by atoms with E-state index in [1.165, 1.54) is 32.1 Å². The normalized spacial score (nSPS) is 14.1. The molecular formula is C11H22. The molecule has 0 aromatic carbocycles. The van der Waals surface area contributed by atoms with Crippen LogP contribution in [0.3, 0.4) is 0 Å². The maximum Gasteiger partial charge on any atom is -0.0262 e. The first-order valence-electron chi connectivity index (χ1n) is 4.97. The van der Waals surface area contributed by atoms with E-state index in [-0.39, 0.29) is 0 Å². The number of hydrogen-bond donors (Lipinski definition) is 0. The highest BCUT2D eigenvalue weighted by molar-refractivity contribution is 4.85. The first-order chi connectivity index (χ1) is 5.31. The molecule has 0 aromatic rings. The van der Waals surface area contributed by atoms with Gasteiger partial charge in [0.1, 0.15) is 0 Å². The van der Waals surface area contributed by atoms with Crippen LogP contribution in [0.5, 0.6) is 0 Å². The topological polar surface area (TPSA) is 0 Å². The Bertz CT molecular complexity index is 92.2. The van der Waals surface area contributed by atoms with E-state index in [2.05, 4.69) is 32.9 Å². The molecule has 0 nitrogen and oxygen atoms in total. The van der Waals surface area contributed by atoms with Gasteiger partial charge in [-0.3, -0.25) is 0 Å². The lowest BCUT2D eigenvalue weighted by Crippen LogP contribution is -1.86. The fourth-order valence-electron chi connectivity index (χ4n) is 1.20. The van der Waals surface area contributed by atoms with E-state index in [1.807, 2.05) is 0 Å². The van der Waals surface area contributed by atoms with Gasteiger partial charge in [-0.05, 0) is 18.8 Å². The van der Waals surface area contributed by atoms with Crippen molar-refractivity contribution in [3.05, 3.63) is 12.2 Å². The minimum absolute atomic E-state index is 0.789. The van der Waals surface area contributed by atoms with Crippen molar-refractivity contribution < 1.29 is 0 Å². The van der Waals surface area contributed by atoms with E-state index in [4.69, 9.17) is 0 Å². The summed E-state index contributed by atoms with van der Waals surface area (Å²) in [6.07, 6.45) is 11.3. The molecule has 0 aliphatic rings. The maximum absolute atomic E-state index is 2.36. The summed E-state index contributed by atoms with van der Waals surface area (Å²) in [5.74, 6) is 0.789. The second kappa shape index (κ2) is 7.84. The molecule has 0 radical (unpaired) electrons. The third kappa shape index (κ3) is 7.64. The van der Waals surface area contributed by atoms with E-state index in [0.717, 1.165) is 5.92 Å². The minimum atomic E-state index is 0.789. The van der Waals surface area contributed by atoms with Crippen molar-refractivity contribution in [1.82, 2.24) is 0 Å². The Labute approximate surface area is 71.7 Å². The molecule has 0 spiro atoms. The lowest BCUT2D eigenvalue weighted by molar-refractivity contribution is 0.631. The number of allylic oxidation sites excluding steroid dienone is 2. The molecule has 0 heterocycles. The first-order valence-corrected chi connectivity index (χ1v) is 4.97. The molecule has 1 unspecified atom stereocenters. The Morgan fingerprint density at radius 1 is 1.18 bits per heavy atom. The van der Waals surface area contributed by atoms with E-state index in [0.29, 0.717) is 0 Å². The summed E-state index contributed by atoms with van der Waals surface area (Å²) in [5.41, 5.74) is 0. The van der Waals surface area contributed by atoms with Crippen LogP contribution in [0.4, 0.5) is 0 Å². The van der Waals surface area contributed by atoms with E-state index < -0.39 is 0 Å². The van der Waals surface area contributed by atoms with Crippen LogP contribution in [0, 0.1) is 5.92 Å². The summed E-state index contributed by atoms with van der Waals surface area (Å²) in [5, 5.41) is 0. The van der Waals surface area contributed by atoms with Crippen molar-refractivity contribution in [3.8, 4) is 0 Å². The number of hydrogen-bond acceptors (Lipinski definition) is 0. The summed E-state index contributed by atoms with van der Waals surface area (Å²) >= 11 is 0. The van der Waals surface area contributed by atoms with Crippen LogP contribution in [0.15, 0.2) is 12.2 Å². The first kappa shape index (κ1) is 10.7. The molecule has 0 rings (SSSR count). The van der Waals surface area contributed by atoms with Crippen LogP contribution in [0.1, 0.15) is 52.9 Å². The van der Waals surface area contributed by atoms with Gasteiger partial charge in [0.15, 0.2) is 0 Å². The van der Waals surface area contributed by atoms with Gasteiger partial charge in [0, 0.05) is 0 Å². The van der Waals surface area contributed by atoms with Gasteiger partial charge in [-0.2, -0.15) is 0 Å². The van der Waals surface area contributed by atoms with Gasteiger partial charge in [-0.15, -0.1) is 0 Å². The van der Waals surface area contributed by atoms with Gasteiger partial charge < -0.3 is 0 Å². The van der Waals surface area contributed by atoms with Crippen molar-refractivity contribution in [2.45, 2.75) is 52.9 Å². The molecular weight excluding hydrogens is 132 g/mol. The summed E-state index contributed by atoms with van der Waals surface area (Å²) in [7, 11) is 0. The predicted molar refractivity (Wildman–Crippen MR) is 52.7 cm³/mol. The predicted octanol–water partition coefficient (Wildman–Crippen LogP) is 4.17. The molecule has 0 aliphatic carbocycles. The van der Waals surface area contributed by atoms with Crippen LogP contribution in [0.25, 0.3) is 0 Å². The maximum atomic E-state index is 2.36. The molecule has 0 aromatic heterocycles. The van der Waals surface area contributed by atoms with Gasteiger partial charge >= 0.3 is 0 Å². The van der Waals surface area contributed by atoms with Crippen molar-refractivity contribution in [2.75, 3.05) is 0 Å².